The van der Waals surface area contributed by atoms with Gasteiger partial charge in [0.25, 0.3) is 0 Å². The second-order valence-corrected chi connectivity index (χ2v) is 5.90. The van der Waals surface area contributed by atoms with Crippen molar-refractivity contribution in [3.05, 3.63) is 29.8 Å². The molecule has 22 heavy (non-hydrogen) atoms. The molecule has 1 atom stereocenters. The van der Waals surface area contributed by atoms with Crippen molar-refractivity contribution in [3.8, 4) is 11.8 Å². The van der Waals surface area contributed by atoms with E-state index in [0.29, 0.717) is 23.9 Å². The summed E-state index contributed by atoms with van der Waals surface area (Å²) < 4.78 is 5.59. The molecule has 1 aromatic rings. The average Bonchev–Trinajstić information content (AvgIpc) is 2.52. The van der Waals surface area contributed by atoms with Crippen LogP contribution in [0.5, 0.6) is 5.75 Å². The molecular formula is C18H28N2O2. The summed E-state index contributed by atoms with van der Waals surface area (Å²) in [5.74, 6) is 0.681. The van der Waals surface area contributed by atoms with Crippen LogP contribution in [0.4, 0.5) is 0 Å². The predicted octanol–water partition coefficient (Wildman–Crippen LogP) is 3.20. The van der Waals surface area contributed by atoms with Crippen molar-refractivity contribution in [1.29, 1.82) is 5.26 Å². The number of nitriles is 1. The van der Waals surface area contributed by atoms with E-state index in [2.05, 4.69) is 31.7 Å². The molecular weight excluding hydrogens is 276 g/mol. The Balaban J connectivity index is 2.38. The van der Waals surface area contributed by atoms with E-state index in [4.69, 9.17) is 10.00 Å². The van der Waals surface area contributed by atoms with Crippen molar-refractivity contribution < 1.29 is 9.84 Å². The quantitative estimate of drug-likeness (QED) is 0.674. The Bertz CT molecular complexity index is 451. The number of hydrogen-bond acceptors (Lipinski definition) is 4. The molecule has 0 aliphatic heterocycles. The summed E-state index contributed by atoms with van der Waals surface area (Å²) >= 11 is 0. The van der Waals surface area contributed by atoms with Gasteiger partial charge in [-0.3, -0.25) is 4.90 Å². The van der Waals surface area contributed by atoms with Crippen molar-refractivity contribution in [1.82, 2.24) is 4.90 Å². The van der Waals surface area contributed by atoms with Gasteiger partial charge in [-0.05, 0) is 51.1 Å². The van der Waals surface area contributed by atoms with Crippen molar-refractivity contribution in [2.75, 3.05) is 19.7 Å². The molecule has 0 aromatic heterocycles. The van der Waals surface area contributed by atoms with E-state index in [1.54, 1.807) is 24.3 Å². The summed E-state index contributed by atoms with van der Waals surface area (Å²) in [7, 11) is 0. The van der Waals surface area contributed by atoms with Crippen LogP contribution in [0.1, 0.15) is 45.6 Å². The highest BCUT2D eigenvalue weighted by atomic mass is 16.5. The van der Waals surface area contributed by atoms with Crippen LogP contribution in [-0.2, 0) is 0 Å². The second-order valence-electron chi connectivity index (χ2n) is 5.90. The maximum absolute atomic E-state index is 10.2. The van der Waals surface area contributed by atoms with Crippen LogP contribution in [0.25, 0.3) is 0 Å². The van der Waals surface area contributed by atoms with Gasteiger partial charge in [0.05, 0.1) is 11.6 Å². The summed E-state index contributed by atoms with van der Waals surface area (Å²) in [6.45, 7) is 8.40. The number of rotatable bonds is 10. The second kappa shape index (κ2) is 10.2. The smallest absolute Gasteiger partial charge is 0.119 e. The fourth-order valence-corrected chi connectivity index (χ4v) is 2.27. The molecule has 4 nitrogen and oxygen atoms in total. The Morgan fingerprint density at radius 3 is 2.45 bits per heavy atom. The molecule has 1 rings (SSSR count). The van der Waals surface area contributed by atoms with Crippen molar-refractivity contribution in [2.45, 2.75) is 52.2 Å². The third-order valence-electron chi connectivity index (χ3n) is 3.65. The van der Waals surface area contributed by atoms with Crippen molar-refractivity contribution in [2.24, 2.45) is 0 Å². The van der Waals surface area contributed by atoms with Crippen LogP contribution >= 0.6 is 0 Å². The van der Waals surface area contributed by atoms with Gasteiger partial charge in [0.1, 0.15) is 18.5 Å². The predicted molar refractivity (Wildman–Crippen MR) is 88.9 cm³/mol. The molecule has 1 aromatic carbocycles. The molecule has 0 bridgehead atoms. The number of aliphatic hydroxyl groups excluding tert-OH is 1. The molecule has 0 radical (unpaired) electrons. The molecule has 1 unspecified atom stereocenters. The summed E-state index contributed by atoms with van der Waals surface area (Å²) in [5, 5.41) is 18.9. The van der Waals surface area contributed by atoms with Crippen LogP contribution in [0.2, 0.25) is 0 Å². The largest absolute Gasteiger partial charge is 0.491 e. The van der Waals surface area contributed by atoms with Gasteiger partial charge in [-0.1, -0.05) is 19.8 Å². The Morgan fingerprint density at radius 1 is 1.23 bits per heavy atom. The highest BCUT2D eigenvalue weighted by Gasteiger charge is 2.15. The van der Waals surface area contributed by atoms with E-state index in [9.17, 15) is 5.11 Å². The molecule has 122 valence electrons. The van der Waals surface area contributed by atoms with E-state index in [-0.39, 0.29) is 6.61 Å². The van der Waals surface area contributed by atoms with Gasteiger partial charge in [0, 0.05) is 12.6 Å². The van der Waals surface area contributed by atoms with Crippen LogP contribution in [0.3, 0.4) is 0 Å². The van der Waals surface area contributed by atoms with E-state index in [1.807, 2.05) is 0 Å². The third-order valence-corrected chi connectivity index (χ3v) is 3.65. The van der Waals surface area contributed by atoms with E-state index in [1.165, 1.54) is 12.8 Å². The highest BCUT2D eigenvalue weighted by molar-refractivity contribution is 5.34. The number of nitrogens with zero attached hydrogens (tertiary/aromatic N) is 2. The van der Waals surface area contributed by atoms with Gasteiger partial charge < -0.3 is 9.84 Å². The molecule has 0 fully saturated rings. The Labute approximate surface area is 134 Å². The first-order valence-electron chi connectivity index (χ1n) is 8.11. The molecule has 1 N–H and O–H groups in total. The lowest BCUT2D eigenvalue weighted by Gasteiger charge is -2.28. The lowest BCUT2D eigenvalue weighted by molar-refractivity contribution is 0.0568. The minimum atomic E-state index is -0.514. The van der Waals surface area contributed by atoms with Gasteiger partial charge in [-0.25, -0.2) is 0 Å². The number of aliphatic hydroxyl groups is 1. The summed E-state index contributed by atoms with van der Waals surface area (Å²) in [4.78, 5) is 2.29. The Kier molecular flexibility index (Phi) is 8.57. The minimum absolute atomic E-state index is 0.267. The standard InChI is InChI=1S/C18H28N2O2/c1-4-5-6-11-20(15(2)3)13-17(21)14-22-18-9-7-16(12-19)8-10-18/h7-10,15,17,21H,4-6,11,13-14H2,1-3H3. The normalized spacial score (nSPS) is 12.4. The van der Waals surface area contributed by atoms with Gasteiger partial charge in [0.15, 0.2) is 0 Å². The fourth-order valence-electron chi connectivity index (χ4n) is 2.27. The first-order valence-corrected chi connectivity index (χ1v) is 8.11. The maximum atomic E-state index is 10.2. The monoisotopic (exact) mass is 304 g/mol. The summed E-state index contributed by atoms with van der Waals surface area (Å²) in [5.41, 5.74) is 0.606. The molecule has 0 spiro atoms. The number of hydrogen-bond donors (Lipinski definition) is 1. The highest BCUT2D eigenvalue weighted by Crippen LogP contribution is 2.12. The van der Waals surface area contributed by atoms with Crippen molar-refractivity contribution in [3.63, 3.8) is 0 Å². The zero-order valence-electron chi connectivity index (χ0n) is 14.0. The Hall–Kier alpha value is -1.57. The topological polar surface area (TPSA) is 56.5 Å². The molecule has 0 heterocycles. The van der Waals surface area contributed by atoms with E-state index < -0.39 is 6.10 Å². The van der Waals surface area contributed by atoms with Crippen LogP contribution in [-0.4, -0.2) is 41.8 Å². The zero-order chi connectivity index (χ0) is 16.4. The zero-order valence-corrected chi connectivity index (χ0v) is 14.0. The molecule has 0 aliphatic carbocycles. The molecule has 0 saturated heterocycles. The lowest BCUT2D eigenvalue weighted by atomic mass is 10.2. The van der Waals surface area contributed by atoms with Crippen molar-refractivity contribution >= 4 is 0 Å². The first-order chi connectivity index (χ1) is 10.6. The minimum Gasteiger partial charge on any atom is -0.491 e. The van der Waals surface area contributed by atoms with Crippen LogP contribution in [0.15, 0.2) is 24.3 Å². The number of unbranched alkanes of at least 4 members (excludes halogenated alkanes) is 2. The fraction of sp³-hybridized carbons (Fsp3) is 0.611. The third kappa shape index (κ3) is 6.93. The van der Waals surface area contributed by atoms with E-state index in [0.717, 1.165) is 13.0 Å². The summed E-state index contributed by atoms with van der Waals surface area (Å²) in [6, 6.07) is 9.43. The average molecular weight is 304 g/mol. The maximum Gasteiger partial charge on any atom is 0.119 e. The van der Waals surface area contributed by atoms with Gasteiger partial charge in [-0.2, -0.15) is 5.26 Å². The van der Waals surface area contributed by atoms with Crippen LogP contribution < -0.4 is 4.74 Å². The Morgan fingerprint density at radius 2 is 1.91 bits per heavy atom. The molecule has 4 heteroatoms. The number of benzene rings is 1. The molecule has 0 aliphatic rings. The van der Waals surface area contributed by atoms with Gasteiger partial charge in [0.2, 0.25) is 0 Å². The molecule has 0 saturated carbocycles. The summed E-state index contributed by atoms with van der Waals surface area (Å²) in [6.07, 6.45) is 3.08. The SMILES string of the molecule is CCCCCN(CC(O)COc1ccc(C#N)cc1)C(C)C. The van der Waals surface area contributed by atoms with Gasteiger partial charge >= 0.3 is 0 Å². The first kappa shape index (κ1) is 18.5. The van der Waals surface area contributed by atoms with Crippen LogP contribution in [0, 0.1) is 11.3 Å². The van der Waals surface area contributed by atoms with Gasteiger partial charge in [-0.15, -0.1) is 0 Å². The lowest BCUT2D eigenvalue weighted by Crippen LogP contribution is -2.40. The number of ether oxygens (including phenoxy) is 1. The molecule has 0 amide bonds. The van der Waals surface area contributed by atoms with E-state index >= 15 is 0 Å².